The molecule has 0 saturated carbocycles. The highest BCUT2D eigenvalue weighted by Gasteiger charge is 2.07. The number of nitrogens with two attached hydrogens (primary N) is 1. The van der Waals surface area contributed by atoms with Crippen LogP contribution in [-0.2, 0) is 0 Å². The molecule has 0 aromatic carbocycles. The van der Waals surface area contributed by atoms with Crippen molar-refractivity contribution >= 4 is 0 Å². The average Bonchev–Trinajstić information content (AvgIpc) is 2.13. The number of allylic oxidation sites excluding steroid dienone is 3. The van der Waals surface area contributed by atoms with Gasteiger partial charge in [-0.05, 0) is 39.0 Å². The van der Waals surface area contributed by atoms with Crippen LogP contribution in [0.25, 0.3) is 0 Å². The number of rotatable bonds is 7. The number of hydrogen-bond donors (Lipinski definition) is 1. The molecule has 15 heavy (non-hydrogen) atoms. The highest BCUT2D eigenvalue weighted by Crippen LogP contribution is 2.18. The highest BCUT2D eigenvalue weighted by molar-refractivity contribution is 5.18. The molecule has 2 N–H and O–H groups in total. The first-order chi connectivity index (χ1) is 6.97. The summed E-state index contributed by atoms with van der Waals surface area (Å²) in [5, 5.41) is 0. The van der Waals surface area contributed by atoms with Crippen LogP contribution in [0, 0.1) is 5.92 Å². The van der Waals surface area contributed by atoms with E-state index in [1.165, 1.54) is 5.57 Å². The first-order valence-corrected chi connectivity index (χ1v) is 5.67. The Morgan fingerprint density at radius 3 is 2.40 bits per heavy atom. The third kappa shape index (κ3) is 7.15. The van der Waals surface area contributed by atoms with Crippen molar-refractivity contribution in [2.45, 2.75) is 46.1 Å². The second-order valence-corrected chi connectivity index (χ2v) is 4.50. The van der Waals surface area contributed by atoms with Gasteiger partial charge in [0.15, 0.2) is 0 Å². The summed E-state index contributed by atoms with van der Waals surface area (Å²) in [5.74, 6) is 0.595. The Morgan fingerprint density at radius 2 is 1.93 bits per heavy atom. The Hall–Kier alpha value is -0.820. The molecule has 0 spiro atoms. The Kier molecular flexibility index (Phi) is 7.06. The molecule has 0 aliphatic heterocycles. The number of hydrogen-bond acceptors (Lipinski definition) is 1. The fourth-order valence-electron chi connectivity index (χ4n) is 1.55. The van der Waals surface area contributed by atoms with Crippen molar-refractivity contribution in [1.82, 2.24) is 0 Å². The second kappa shape index (κ2) is 7.47. The molecule has 86 valence electrons. The van der Waals surface area contributed by atoms with Gasteiger partial charge in [0.05, 0.1) is 0 Å². The third-order valence-corrected chi connectivity index (χ3v) is 2.69. The van der Waals surface area contributed by atoms with Gasteiger partial charge in [0.25, 0.3) is 0 Å². The molecule has 0 fully saturated rings. The van der Waals surface area contributed by atoms with Crippen LogP contribution in [0.2, 0.25) is 0 Å². The maximum absolute atomic E-state index is 5.93. The summed E-state index contributed by atoms with van der Waals surface area (Å²) in [7, 11) is 0. The van der Waals surface area contributed by atoms with Gasteiger partial charge < -0.3 is 5.73 Å². The van der Waals surface area contributed by atoms with E-state index < -0.39 is 0 Å². The Labute approximate surface area is 94.8 Å². The Balaban J connectivity index is 3.97. The first-order valence-electron chi connectivity index (χ1n) is 5.67. The van der Waals surface area contributed by atoms with Crippen molar-refractivity contribution in [1.29, 1.82) is 0 Å². The predicted octanol–water partition coefficient (Wildman–Crippen LogP) is 3.83. The van der Waals surface area contributed by atoms with Crippen molar-refractivity contribution in [2.24, 2.45) is 11.7 Å². The van der Waals surface area contributed by atoms with Gasteiger partial charge in [0, 0.05) is 6.04 Å². The van der Waals surface area contributed by atoms with Crippen LogP contribution in [0.15, 0.2) is 36.5 Å². The fourth-order valence-corrected chi connectivity index (χ4v) is 1.55. The van der Waals surface area contributed by atoms with E-state index in [2.05, 4.69) is 33.1 Å². The van der Waals surface area contributed by atoms with E-state index in [9.17, 15) is 0 Å². The quantitative estimate of drug-likeness (QED) is 0.498. The summed E-state index contributed by atoms with van der Waals surface area (Å²) in [4.78, 5) is 0. The summed E-state index contributed by atoms with van der Waals surface area (Å²) < 4.78 is 0. The zero-order valence-corrected chi connectivity index (χ0v) is 10.4. The van der Waals surface area contributed by atoms with Gasteiger partial charge in [-0.3, -0.25) is 0 Å². The van der Waals surface area contributed by atoms with Crippen molar-refractivity contribution in [3.8, 4) is 0 Å². The van der Waals surface area contributed by atoms with Crippen LogP contribution in [0.3, 0.4) is 0 Å². The van der Waals surface area contributed by atoms with Crippen molar-refractivity contribution in [2.75, 3.05) is 0 Å². The van der Waals surface area contributed by atoms with E-state index >= 15 is 0 Å². The van der Waals surface area contributed by atoms with E-state index in [-0.39, 0.29) is 6.04 Å². The summed E-state index contributed by atoms with van der Waals surface area (Å²) in [6, 6.07) is 0.266. The van der Waals surface area contributed by atoms with Crippen LogP contribution < -0.4 is 5.73 Å². The van der Waals surface area contributed by atoms with Crippen molar-refractivity contribution in [3.05, 3.63) is 36.5 Å². The second-order valence-electron chi connectivity index (χ2n) is 4.50. The zero-order valence-electron chi connectivity index (χ0n) is 10.4. The molecule has 0 aromatic heterocycles. The first kappa shape index (κ1) is 14.2. The third-order valence-electron chi connectivity index (χ3n) is 2.69. The van der Waals surface area contributed by atoms with Gasteiger partial charge in [-0.15, -0.1) is 6.58 Å². The lowest BCUT2D eigenvalue weighted by molar-refractivity contribution is 0.513. The minimum absolute atomic E-state index is 0.266. The SMILES string of the molecule is C=CCC(N)CCC(C)/C(C)=C/C(=C)C. The topological polar surface area (TPSA) is 26.0 Å². The average molecular weight is 207 g/mol. The van der Waals surface area contributed by atoms with Crippen LogP contribution in [-0.4, -0.2) is 6.04 Å². The van der Waals surface area contributed by atoms with E-state index in [1.54, 1.807) is 0 Å². The van der Waals surface area contributed by atoms with Crippen LogP contribution >= 0.6 is 0 Å². The van der Waals surface area contributed by atoms with Crippen LogP contribution in [0.4, 0.5) is 0 Å². The molecule has 0 heterocycles. The van der Waals surface area contributed by atoms with E-state index in [4.69, 9.17) is 5.73 Å². The lowest BCUT2D eigenvalue weighted by atomic mass is 9.93. The lowest BCUT2D eigenvalue weighted by Crippen LogP contribution is -2.19. The molecule has 0 bridgehead atoms. The molecule has 0 aliphatic rings. The molecule has 0 saturated heterocycles. The van der Waals surface area contributed by atoms with Gasteiger partial charge in [-0.25, -0.2) is 0 Å². The maximum atomic E-state index is 5.93. The summed E-state index contributed by atoms with van der Waals surface area (Å²) in [6.45, 7) is 14.0. The van der Waals surface area contributed by atoms with Gasteiger partial charge in [-0.1, -0.05) is 36.8 Å². The van der Waals surface area contributed by atoms with E-state index in [0.717, 1.165) is 24.8 Å². The fraction of sp³-hybridized carbons (Fsp3) is 0.571. The lowest BCUT2D eigenvalue weighted by Gasteiger charge is -2.15. The molecule has 0 rings (SSSR count). The van der Waals surface area contributed by atoms with E-state index in [0.29, 0.717) is 5.92 Å². The summed E-state index contributed by atoms with van der Waals surface area (Å²) in [6.07, 6.45) is 7.17. The minimum Gasteiger partial charge on any atom is -0.327 e. The highest BCUT2D eigenvalue weighted by atomic mass is 14.6. The Bertz CT molecular complexity index is 238. The molecular formula is C14H25N. The van der Waals surface area contributed by atoms with Crippen molar-refractivity contribution in [3.63, 3.8) is 0 Å². The smallest absolute Gasteiger partial charge is 0.00735 e. The molecule has 1 nitrogen and oxygen atoms in total. The molecular weight excluding hydrogens is 182 g/mol. The minimum atomic E-state index is 0.266. The summed E-state index contributed by atoms with van der Waals surface area (Å²) >= 11 is 0. The molecule has 0 radical (unpaired) electrons. The molecule has 0 aromatic rings. The Morgan fingerprint density at radius 1 is 1.33 bits per heavy atom. The molecule has 1 heteroatoms. The normalized spacial score (nSPS) is 15.9. The van der Waals surface area contributed by atoms with E-state index in [1.807, 2.05) is 13.0 Å². The monoisotopic (exact) mass is 207 g/mol. The maximum Gasteiger partial charge on any atom is 0.00735 e. The molecule has 0 aliphatic carbocycles. The largest absolute Gasteiger partial charge is 0.327 e. The van der Waals surface area contributed by atoms with Gasteiger partial charge in [0.1, 0.15) is 0 Å². The summed E-state index contributed by atoms with van der Waals surface area (Å²) in [5.41, 5.74) is 8.44. The van der Waals surface area contributed by atoms with Gasteiger partial charge in [0.2, 0.25) is 0 Å². The molecule has 2 unspecified atom stereocenters. The predicted molar refractivity (Wildman–Crippen MR) is 69.8 cm³/mol. The molecule has 0 amide bonds. The van der Waals surface area contributed by atoms with Gasteiger partial charge in [-0.2, -0.15) is 0 Å². The van der Waals surface area contributed by atoms with Crippen LogP contribution in [0.5, 0.6) is 0 Å². The molecule has 2 atom stereocenters. The standard InChI is InChI=1S/C14H25N/c1-6-7-14(15)9-8-12(4)13(5)10-11(2)3/h6,10,12,14H,1-2,7-9,15H2,3-5H3/b13-10+. The van der Waals surface area contributed by atoms with Crippen molar-refractivity contribution < 1.29 is 0 Å². The van der Waals surface area contributed by atoms with Crippen LogP contribution in [0.1, 0.15) is 40.0 Å². The van der Waals surface area contributed by atoms with Gasteiger partial charge >= 0.3 is 0 Å². The zero-order chi connectivity index (χ0) is 11.8.